The first-order chi connectivity index (χ1) is 9.69. The highest BCUT2D eigenvalue weighted by atomic mass is 16.5. The van der Waals surface area contributed by atoms with E-state index in [0.29, 0.717) is 12.1 Å². The lowest BCUT2D eigenvalue weighted by atomic mass is 10.0. The Balaban J connectivity index is 2.28. The van der Waals surface area contributed by atoms with Crippen molar-refractivity contribution in [3.8, 4) is 6.07 Å². The third-order valence-electron chi connectivity index (χ3n) is 3.70. The van der Waals surface area contributed by atoms with Gasteiger partial charge >= 0.3 is 5.97 Å². The molecule has 1 heterocycles. The molecule has 1 saturated heterocycles. The van der Waals surface area contributed by atoms with Crippen molar-refractivity contribution in [3.05, 3.63) is 35.4 Å². The number of rotatable bonds is 4. The Labute approximate surface area is 118 Å². The minimum Gasteiger partial charge on any atom is -0.468 e. The van der Waals surface area contributed by atoms with Crippen LogP contribution < -0.4 is 0 Å². The predicted octanol–water partition coefficient (Wildman–Crippen LogP) is 1.09. The quantitative estimate of drug-likeness (QED) is 0.832. The van der Waals surface area contributed by atoms with E-state index in [-0.39, 0.29) is 18.5 Å². The molecule has 0 saturated carbocycles. The number of ether oxygens (including phenoxy) is 1. The first-order valence-corrected chi connectivity index (χ1v) is 6.62. The number of aliphatic hydroxyl groups excluding tert-OH is 1. The largest absolute Gasteiger partial charge is 0.468 e. The molecule has 1 aromatic carbocycles. The van der Waals surface area contributed by atoms with E-state index in [0.717, 1.165) is 18.5 Å². The average molecular weight is 274 g/mol. The summed E-state index contributed by atoms with van der Waals surface area (Å²) >= 11 is 0. The molecule has 2 atom stereocenters. The molecule has 5 nitrogen and oxygen atoms in total. The lowest BCUT2D eigenvalue weighted by Crippen LogP contribution is -2.33. The topological polar surface area (TPSA) is 73.6 Å². The fraction of sp³-hybridized carbons (Fsp3) is 0.467. The van der Waals surface area contributed by atoms with Crippen molar-refractivity contribution in [2.45, 2.75) is 12.5 Å². The van der Waals surface area contributed by atoms with E-state index in [9.17, 15) is 9.90 Å². The van der Waals surface area contributed by atoms with Crippen LogP contribution in [-0.2, 0) is 9.53 Å². The third kappa shape index (κ3) is 2.98. The molecule has 0 unspecified atom stereocenters. The number of likely N-dealkylation sites (tertiary alicyclic amines) is 1. The van der Waals surface area contributed by atoms with E-state index in [1.165, 1.54) is 7.11 Å². The van der Waals surface area contributed by atoms with Gasteiger partial charge in [-0.15, -0.1) is 0 Å². The summed E-state index contributed by atoms with van der Waals surface area (Å²) < 4.78 is 4.90. The molecule has 0 aromatic heterocycles. The van der Waals surface area contributed by atoms with Gasteiger partial charge in [0.2, 0.25) is 0 Å². The number of esters is 1. The third-order valence-corrected chi connectivity index (χ3v) is 3.70. The summed E-state index contributed by atoms with van der Waals surface area (Å²) in [6.45, 7) is 1.53. The summed E-state index contributed by atoms with van der Waals surface area (Å²) in [5.41, 5.74) is 1.28. The molecule has 1 aromatic rings. The van der Waals surface area contributed by atoms with Crippen LogP contribution in [0.1, 0.15) is 23.6 Å². The standard InChI is InChI=1S/C15H18N2O3/c1-20-15(19)14(17-6-5-12(9-17)10-18)13-4-2-3-11(7-13)8-16/h2-4,7,12,14,18H,5-6,9-10H2,1H3/t12-,14+/m1/s1. The van der Waals surface area contributed by atoms with Crippen LogP contribution >= 0.6 is 0 Å². The number of methoxy groups -OCH3 is 1. The van der Waals surface area contributed by atoms with Gasteiger partial charge in [0.1, 0.15) is 6.04 Å². The zero-order valence-electron chi connectivity index (χ0n) is 11.5. The van der Waals surface area contributed by atoms with Crippen LogP contribution in [0.25, 0.3) is 0 Å². The van der Waals surface area contributed by atoms with Gasteiger partial charge in [0.05, 0.1) is 18.7 Å². The van der Waals surface area contributed by atoms with Crippen LogP contribution in [0, 0.1) is 17.2 Å². The molecule has 0 bridgehead atoms. The number of aliphatic hydroxyl groups is 1. The van der Waals surface area contributed by atoms with Crippen LogP contribution in [0.3, 0.4) is 0 Å². The average Bonchev–Trinajstić information content (AvgIpc) is 2.96. The highest BCUT2D eigenvalue weighted by Gasteiger charge is 2.34. The maximum absolute atomic E-state index is 12.1. The van der Waals surface area contributed by atoms with E-state index in [1.54, 1.807) is 18.2 Å². The number of nitriles is 1. The predicted molar refractivity (Wildman–Crippen MR) is 72.7 cm³/mol. The van der Waals surface area contributed by atoms with Crippen LogP contribution in [0.5, 0.6) is 0 Å². The highest BCUT2D eigenvalue weighted by Crippen LogP contribution is 2.29. The van der Waals surface area contributed by atoms with Crippen LogP contribution in [0.2, 0.25) is 0 Å². The van der Waals surface area contributed by atoms with Crippen molar-refractivity contribution in [1.82, 2.24) is 4.90 Å². The highest BCUT2D eigenvalue weighted by molar-refractivity contribution is 5.77. The number of nitrogens with zero attached hydrogens (tertiary/aromatic N) is 2. The first kappa shape index (κ1) is 14.5. The molecule has 0 aliphatic carbocycles. The summed E-state index contributed by atoms with van der Waals surface area (Å²) in [5.74, 6) is -0.139. The van der Waals surface area contributed by atoms with Gasteiger partial charge in [-0.2, -0.15) is 5.26 Å². The van der Waals surface area contributed by atoms with Gasteiger partial charge < -0.3 is 9.84 Å². The fourth-order valence-electron chi connectivity index (χ4n) is 2.63. The van der Waals surface area contributed by atoms with E-state index in [4.69, 9.17) is 10.00 Å². The molecule has 1 aliphatic rings. The monoisotopic (exact) mass is 274 g/mol. The molecular weight excluding hydrogens is 256 g/mol. The van der Waals surface area contributed by atoms with Gasteiger partial charge in [-0.25, -0.2) is 4.79 Å². The van der Waals surface area contributed by atoms with E-state index in [1.807, 2.05) is 11.0 Å². The van der Waals surface area contributed by atoms with Gasteiger partial charge in [0.15, 0.2) is 0 Å². The van der Waals surface area contributed by atoms with Crippen LogP contribution in [0.15, 0.2) is 24.3 Å². The number of benzene rings is 1. The Bertz CT molecular complexity index is 524. The Morgan fingerprint density at radius 2 is 2.45 bits per heavy atom. The summed E-state index contributed by atoms with van der Waals surface area (Å²) in [6, 6.07) is 8.59. The Kier molecular flexibility index (Phi) is 4.72. The summed E-state index contributed by atoms with van der Waals surface area (Å²) in [7, 11) is 1.36. The Morgan fingerprint density at radius 3 is 3.05 bits per heavy atom. The Morgan fingerprint density at radius 1 is 1.65 bits per heavy atom. The second-order valence-electron chi connectivity index (χ2n) is 5.00. The van der Waals surface area contributed by atoms with Gasteiger partial charge in [0, 0.05) is 13.2 Å². The lowest BCUT2D eigenvalue weighted by molar-refractivity contribution is -0.147. The van der Waals surface area contributed by atoms with Crippen molar-refractivity contribution in [2.24, 2.45) is 5.92 Å². The van der Waals surface area contributed by atoms with E-state index in [2.05, 4.69) is 6.07 Å². The molecule has 1 aliphatic heterocycles. The first-order valence-electron chi connectivity index (χ1n) is 6.62. The Hall–Kier alpha value is -1.90. The maximum atomic E-state index is 12.1. The molecule has 1 fully saturated rings. The maximum Gasteiger partial charge on any atom is 0.327 e. The van der Waals surface area contributed by atoms with Crippen molar-refractivity contribution in [3.63, 3.8) is 0 Å². The normalized spacial score (nSPS) is 20.4. The van der Waals surface area contributed by atoms with E-state index < -0.39 is 6.04 Å². The molecule has 20 heavy (non-hydrogen) atoms. The molecule has 0 radical (unpaired) electrons. The molecule has 106 valence electrons. The van der Waals surface area contributed by atoms with Crippen molar-refractivity contribution in [2.75, 3.05) is 26.8 Å². The van der Waals surface area contributed by atoms with Crippen molar-refractivity contribution >= 4 is 5.97 Å². The minimum absolute atomic E-state index is 0.128. The molecule has 1 N–H and O–H groups in total. The number of hydrogen-bond acceptors (Lipinski definition) is 5. The second kappa shape index (κ2) is 6.51. The molecule has 5 heteroatoms. The molecule has 0 amide bonds. The summed E-state index contributed by atoms with van der Waals surface area (Å²) in [6.07, 6.45) is 0.863. The molecule has 2 rings (SSSR count). The van der Waals surface area contributed by atoms with Gasteiger partial charge in [0.25, 0.3) is 0 Å². The minimum atomic E-state index is -0.509. The van der Waals surface area contributed by atoms with Gasteiger partial charge in [-0.05, 0) is 36.6 Å². The SMILES string of the molecule is COC(=O)[C@H](c1cccc(C#N)c1)N1CC[C@@H](CO)C1. The zero-order valence-corrected chi connectivity index (χ0v) is 11.5. The van der Waals surface area contributed by atoms with Gasteiger partial charge in [-0.3, -0.25) is 4.90 Å². The van der Waals surface area contributed by atoms with Crippen LogP contribution in [-0.4, -0.2) is 42.8 Å². The number of carbonyl (C=O) groups excluding carboxylic acids is 1. The number of carbonyl (C=O) groups is 1. The van der Waals surface area contributed by atoms with Crippen LogP contribution in [0.4, 0.5) is 0 Å². The molecular formula is C15H18N2O3. The lowest BCUT2D eigenvalue weighted by Gasteiger charge is -2.26. The smallest absolute Gasteiger partial charge is 0.327 e. The number of hydrogen-bond donors (Lipinski definition) is 1. The van der Waals surface area contributed by atoms with Crippen molar-refractivity contribution in [1.29, 1.82) is 5.26 Å². The van der Waals surface area contributed by atoms with E-state index >= 15 is 0 Å². The van der Waals surface area contributed by atoms with Gasteiger partial charge in [-0.1, -0.05) is 12.1 Å². The molecule has 0 spiro atoms. The van der Waals surface area contributed by atoms with Crippen molar-refractivity contribution < 1.29 is 14.6 Å². The second-order valence-corrected chi connectivity index (χ2v) is 5.00. The summed E-state index contributed by atoms with van der Waals surface area (Å²) in [5, 5.41) is 18.2. The zero-order chi connectivity index (χ0) is 14.5. The fourth-order valence-corrected chi connectivity index (χ4v) is 2.63. The summed E-state index contributed by atoms with van der Waals surface area (Å²) in [4.78, 5) is 14.1.